The van der Waals surface area contributed by atoms with Crippen molar-refractivity contribution in [3.63, 3.8) is 0 Å². The summed E-state index contributed by atoms with van der Waals surface area (Å²) in [5.74, 6) is 1.09. The molecule has 0 amide bonds. The second-order valence-electron chi connectivity index (χ2n) is 3.26. The van der Waals surface area contributed by atoms with Gasteiger partial charge in [-0.15, -0.1) is 10.2 Å². The Hall–Kier alpha value is -2.18. The molecule has 2 aromatic heterocycles. The van der Waals surface area contributed by atoms with Gasteiger partial charge in [-0.05, 0) is 6.92 Å². The highest BCUT2D eigenvalue weighted by Crippen LogP contribution is 2.17. The molecule has 7 nitrogen and oxygen atoms in total. The Morgan fingerprint density at radius 2 is 2.25 bits per heavy atom. The standard InChI is InChI=1S/C9H11N5O2/c1-3-6-4-7(14-16-6)11-12-8-5(2)10-13-9(8)15/h4H,3H2,1-2H3,(H2,10,13,15). The lowest BCUT2D eigenvalue weighted by molar-refractivity contribution is 0.388. The number of aryl methyl sites for hydroxylation is 2. The molecule has 0 unspecified atom stereocenters. The van der Waals surface area contributed by atoms with E-state index in [0.29, 0.717) is 11.5 Å². The van der Waals surface area contributed by atoms with Crippen molar-refractivity contribution < 1.29 is 4.52 Å². The van der Waals surface area contributed by atoms with Crippen LogP contribution in [0.4, 0.5) is 11.5 Å². The van der Waals surface area contributed by atoms with Gasteiger partial charge in [0.25, 0.3) is 5.56 Å². The summed E-state index contributed by atoms with van der Waals surface area (Å²) in [5.41, 5.74) is 0.578. The lowest BCUT2D eigenvalue weighted by Crippen LogP contribution is -1.96. The van der Waals surface area contributed by atoms with Gasteiger partial charge in [0.05, 0.1) is 5.69 Å². The van der Waals surface area contributed by atoms with E-state index in [0.717, 1.165) is 12.2 Å². The first-order valence-corrected chi connectivity index (χ1v) is 4.85. The van der Waals surface area contributed by atoms with Crippen LogP contribution in [0.3, 0.4) is 0 Å². The van der Waals surface area contributed by atoms with Crippen molar-refractivity contribution in [2.75, 3.05) is 0 Å². The largest absolute Gasteiger partial charge is 0.359 e. The summed E-state index contributed by atoms with van der Waals surface area (Å²) in [6.07, 6.45) is 0.742. The highest BCUT2D eigenvalue weighted by Gasteiger charge is 2.05. The molecule has 0 aliphatic heterocycles. The van der Waals surface area contributed by atoms with E-state index < -0.39 is 0 Å². The van der Waals surface area contributed by atoms with Crippen LogP contribution in [0.5, 0.6) is 0 Å². The highest BCUT2D eigenvalue weighted by atomic mass is 16.5. The first-order valence-electron chi connectivity index (χ1n) is 4.85. The second-order valence-corrected chi connectivity index (χ2v) is 3.26. The molecule has 7 heteroatoms. The van der Waals surface area contributed by atoms with Crippen LogP contribution in [0, 0.1) is 6.92 Å². The van der Waals surface area contributed by atoms with Crippen LogP contribution in [0.15, 0.2) is 25.6 Å². The van der Waals surface area contributed by atoms with E-state index in [1.807, 2.05) is 6.92 Å². The van der Waals surface area contributed by atoms with Crippen molar-refractivity contribution in [1.29, 1.82) is 0 Å². The van der Waals surface area contributed by atoms with Crippen molar-refractivity contribution in [2.45, 2.75) is 20.3 Å². The van der Waals surface area contributed by atoms with Gasteiger partial charge in [0.15, 0.2) is 5.69 Å². The Kier molecular flexibility index (Phi) is 2.67. The molecule has 84 valence electrons. The quantitative estimate of drug-likeness (QED) is 0.775. The molecule has 0 aliphatic carbocycles. The van der Waals surface area contributed by atoms with E-state index in [1.165, 1.54) is 0 Å². The Labute approximate surface area is 90.6 Å². The van der Waals surface area contributed by atoms with E-state index >= 15 is 0 Å². The lowest BCUT2D eigenvalue weighted by Gasteiger charge is -1.83. The summed E-state index contributed by atoms with van der Waals surface area (Å²) in [6.45, 7) is 3.68. The predicted molar refractivity (Wildman–Crippen MR) is 56.2 cm³/mol. The van der Waals surface area contributed by atoms with Crippen molar-refractivity contribution >= 4 is 11.5 Å². The predicted octanol–water partition coefficient (Wildman–Crippen LogP) is 1.98. The summed E-state index contributed by atoms with van der Waals surface area (Å²) in [5, 5.41) is 16.4. The average Bonchev–Trinajstić information content (AvgIpc) is 2.85. The first-order chi connectivity index (χ1) is 7.70. The molecule has 0 saturated heterocycles. The number of hydrogen-bond donors (Lipinski definition) is 2. The van der Waals surface area contributed by atoms with Gasteiger partial charge in [-0.25, -0.2) is 0 Å². The molecule has 0 radical (unpaired) electrons. The Morgan fingerprint density at radius 1 is 1.44 bits per heavy atom. The fraction of sp³-hybridized carbons (Fsp3) is 0.333. The molecule has 0 bridgehead atoms. The zero-order valence-electron chi connectivity index (χ0n) is 8.94. The maximum atomic E-state index is 11.2. The van der Waals surface area contributed by atoms with E-state index in [9.17, 15) is 4.79 Å². The minimum atomic E-state index is -0.305. The van der Waals surface area contributed by atoms with E-state index in [1.54, 1.807) is 13.0 Å². The molecule has 2 N–H and O–H groups in total. The van der Waals surface area contributed by atoms with Crippen molar-refractivity contribution in [3.8, 4) is 0 Å². The zero-order valence-corrected chi connectivity index (χ0v) is 8.94. The fourth-order valence-corrected chi connectivity index (χ4v) is 1.18. The smallest absolute Gasteiger partial charge is 0.291 e. The molecule has 2 heterocycles. The molecule has 2 aromatic rings. The number of H-pyrrole nitrogens is 2. The minimum Gasteiger partial charge on any atom is -0.359 e. The summed E-state index contributed by atoms with van der Waals surface area (Å²) in [6, 6.07) is 1.68. The number of rotatable bonds is 3. The summed E-state index contributed by atoms with van der Waals surface area (Å²) >= 11 is 0. The fourth-order valence-electron chi connectivity index (χ4n) is 1.18. The maximum Gasteiger partial charge on any atom is 0.291 e. The van der Waals surface area contributed by atoms with Crippen molar-refractivity contribution in [2.24, 2.45) is 10.2 Å². The molecule has 0 fully saturated rings. The van der Waals surface area contributed by atoms with Crippen LogP contribution in [0.2, 0.25) is 0 Å². The third kappa shape index (κ3) is 1.92. The lowest BCUT2D eigenvalue weighted by atomic mass is 10.4. The molecular weight excluding hydrogens is 210 g/mol. The van der Waals surface area contributed by atoms with Crippen molar-refractivity contribution in [1.82, 2.24) is 15.4 Å². The number of hydrogen-bond acceptors (Lipinski definition) is 5. The van der Waals surface area contributed by atoms with Crippen LogP contribution in [0.25, 0.3) is 0 Å². The van der Waals surface area contributed by atoms with Gasteiger partial charge in [-0.3, -0.25) is 9.89 Å². The molecule has 0 saturated carbocycles. The van der Waals surface area contributed by atoms with Crippen LogP contribution in [-0.2, 0) is 6.42 Å². The topological polar surface area (TPSA) is 99.4 Å². The monoisotopic (exact) mass is 221 g/mol. The van der Waals surface area contributed by atoms with E-state index in [4.69, 9.17) is 4.52 Å². The first kappa shape index (κ1) is 10.3. The summed E-state index contributed by atoms with van der Waals surface area (Å²) in [4.78, 5) is 11.2. The number of nitrogens with zero attached hydrogens (tertiary/aromatic N) is 3. The minimum absolute atomic E-state index is 0.251. The Bertz CT molecular complexity index is 562. The van der Waals surface area contributed by atoms with Crippen LogP contribution in [0.1, 0.15) is 18.4 Å². The zero-order chi connectivity index (χ0) is 11.5. The number of azo groups is 1. The summed E-state index contributed by atoms with van der Waals surface area (Å²) in [7, 11) is 0. The van der Waals surface area contributed by atoms with Gasteiger partial charge in [0.1, 0.15) is 5.76 Å². The van der Waals surface area contributed by atoms with Crippen LogP contribution < -0.4 is 5.56 Å². The van der Waals surface area contributed by atoms with Crippen LogP contribution >= 0.6 is 0 Å². The summed E-state index contributed by atoms with van der Waals surface area (Å²) < 4.78 is 4.95. The highest BCUT2D eigenvalue weighted by molar-refractivity contribution is 5.38. The Morgan fingerprint density at radius 3 is 2.81 bits per heavy atom. The maximum absolute atomic E-state index is 11.2. The third-order valence-electron chi connectivity index (χ3n) is 2.08. The SMILES string of the molecule is CCc1cc(N=Nc2c(C)[nH][nH]c2=O)no1. The number of aromatic nitrogens is 3. The second kappa shape index (κ2) is 4.13. The van der Waals surface area contributed by atoms with Crippen molar-refractivity contribution in [3.05, 3.63) is 27.9 Å². The third-order valence-corrected chi connectivity index (χ3v) is 2.08. The average molecular weight is 221 g/mol. The molecule has 0 spiro atoms. The molecule has 16 heavy (non-hydrogen) atoms. The molecular formula is C9H11N5O2. The molecule has 0 aliphatic rings. The normalized spacial score (nSPS) is 11.4. The van der Waals surface area contributed by atoms with Gasteiger partial charge in [0, 0.05) is 12.5 Å². The van der Waals surface area contributed by atoms with E-state index in [-0.39, 0.29) is 11.2 Å². The molecule has 0 atom stereocenters. The van der Waals surface area contributed by atoms with E-state index in [2.05, 4.69) is 25.6 Å². The van der Waals surface area contributed by atoms with Gasteiger partial charge in [-0.2, -0.15) is 0 Å². The number of nitrogens with one attached hydrogen (secondary N) is 2. The molecule has 2 rings (SSSR count). The molecule has 0 aromatic carbocycles. The van der Waals surface area contributed by atoms with Crippen LogP contribution in [-0.4, -0.2) is 15.4 Å². The van der Waals surface area contributed by atoms with Gasteiger partial charge < -0.3 is 9.62 Å². The van der Waals surface area contributed by atoms with Gasteiger partial charge >= 0.3 is 0 Å². The Balaban J connectivity index is 2.24. The van der Waals surface area contributed by atoms with Gasteiger partial charge in [0.2, 0.25) is 5.82 Å². The van der Waals surface area contributed by atoms with Gasteiger partial charge in [-0.1, -0.05) is 12.1 Å². The number of aromatic amines is 2.